The SMILES string of the molecule is O=c1[nH]ncc(N2CC3CCCNC3C2)c1Cl. The highest BCUT2D eigenvalue weighted by atomic mass is 35.5. The number of nitrogens with one attached hydrogen (secondary N) is 2. The molecule has 1 aromatic rings. The van der Waals surface area contributed by atoms with Crippen LogP contribution in [0.2, 0.25) is 5.02 Å². The fraction of sp³-hybridized carbons (Fsp3) is 0.636. The highest BCUT2D eigenvalue weighted by Gasteiger charge is 2.35. The second-order valence-corrected chi connectivity index (χ2v) is 5.14. The van der Waals surface area contributed by atoms with Crippen LogP contribution in [-0.2, 0) is 0 Å². The van der Waals surface area contributed by atoms with E-state index in [1.807, 2.05) is 0 Å². The van der Waals surface area contributed by atoms with E-state index in [1.165, 1.54) is 12.8 Å². The van der Waals surface area contributed by atoms with Gasteiger partial charge in [-0.15, -0.1) is 0 Å². The Labute approximate surface area is 104 Å². The average molecular weight is 255 g/mol. The van der Waals surface area contributed by atoms with Gasteiger partial charge in [-0.25, -0.2) is 5.10 Å². The molecule has 5 nitrogen and oxygen atoms in total. The highest BCUT2D eigenvalue weighted by molar-refractivity contribution is 6.33. The number of hydrogen-bond donors (Lipinski definition) is 2. The second kappa shape index (κ2) is 4.31. The summed E-state index contributed by atoms with van der Waals surface area (Å²) in [5.41, 5.74) is 0.443. The summed E-state index contributed by atoms with van der Waals surface area (Å²) >= 11 is 6.02. The Morgan fingerprint density at radius 2 is 2.35 bits per heavy atom. The average Bonchev–Trinajstić information content (AvgIpc) is 2.76. The Hall–Kier alpha value is -1.07. The molecule has 0 aromatic carbocycles. The van der Waals surface area contributed by atoms with Crippen molar-refractivity contribution in [3.05, 3.63) is 21.6 Å². The third-order valence-electron chi connectivity index (χ3n) is 3.72. The molecule has 0 bridgehead atoms. The van der Waals surface area contributed by atoms with Gasteiger partial charge in [0.15, 0.2) is 0 Å². The number of halogens is 1. The Bertz CT molecular complexity index is 461. The van der Waals surface area contributed by atoms with Crippen LogP contribution in [-0.4, -0.2) is 35.9 Å². The van der Waals surface area contributed by atoms with E-state index < -0.39 is 0 Å². The lowest BCUT2D eigenvalue weighted by molar-refractivity contribution is 0.340. The van der Waals surface area contributed by atoms with Crippen LogP contribution in [0, 0.1) is 5.92 Å². The molecule has 17 heavy (non-hydrogen) atoms. The number of hydrogen-bond acceptors (Lipinski definition) is 4. The molecular formula is C11H15ClN4O. The Balaban J connectivity index is 1.86. The molecule has 92 valence electrons. The number of fused-ring (bicyclic) bond motifs is 1. The van der Waals surface area contributed by atoms with Gasteiger partial charge in [-0.05, 0) is 25.3 Å². The molecule has 0 amide bonds. The zero-order chi connectivity index (χ0) is 11.8. The van der Waals surface area contributed by atoms with Crippen molar-refractivity contribution >= 4 is 17.3 Å². The van der Waals surface area contributed by atoms with Crippen LogP contribution in [0.5, 0.6) is 0 Å². The largest absolute Gasteiger partial charge is 0.367 e. The molecule has 2 aliphatic heterocycles. The van der Waals surface area contributed by atoms with Crippen LogP contribution in [0.4, 0.5) is 5.69 Å². The number of nitrogens with zero attached hydrogens (tertiary/aromatic N) is 2. The lowest BCUT2D eigenvalue weighted by Crippen LogP contribution is -2.40. The van der Waals surface area contributed by atoms with Crippen molar-refractivity contribution in [1.82, 2.24) is 15.5 Å². The fourth-order valence-corrected chi connectivity index (χ4v) is 3.05. The molecule has 6 heteroatoms. The van der Waals surface area contributed by atoms with Crippen LogP contribution >= 0.6 is 11.6 Å². The minimum Gasteiger partial charge on any atom is -0.367 e. The van der Waals surface area contributed by atoms with Gasteiger partial charge in [-0.2, -0.15) is 5.10 Å². The van der Waals surface area contributed by atoms with Crippen LogP contribution in [0.3, 0.4) is 0 Å². The first-order chi connectivity index (χ1) is 8.25. The molecule has 0 radical (unpaired) electrons. The summed E-state index contributed by atoms with van der Waals surface area (Å²) in [4.78, 5) is 13.6. The van der Waals surface area contributed by atoms with E-state index in [2.05, 4.69) is 20.4 Å². The van der Waals surface area contributed by atoms with Gasteiger partial charge in [0.1, 0.15) is 5.02 Å². The maximum absolute atomic E-state index is 11.4. The number of H-pyrrole nitrogens is 1. The Kier molecular flexibility index (Phi) is 2.80. The first-order valence-electron chi connectivity index (χ1n) is 5.97. The first kappa shape index (κ1) is 11.0. The zero-order valence-corrected chi connectivity index (χ0v) is 10.2. The second-order valence-electron chi connectivity index (χ2n) is 4.77. The minimum absolute atomic E-state index is 0.249. The van der Waals surface area contributed by atoms with E-state index in [1.54, 1.807) is 6.20 Å². The molecule has 2 atom stereocenters. The van der Waals surface area contributed by atoms with Crippen LogP contribution < -0.4 is 15.8 Å². The lowest BCUT2D eigenvalue weighted by atomic mass is 9.94. The minimum atomic E-state index is -0.313. The molecule has 2 fully saturated rings. The van der Waals surface area contributed by atoms with Crippen LogP contribution in [0.1, 0.15) is 12.8 Å². The predicted octanol–water partition coefficient (Wildman–Crippen LogP) is 0.611. The molecule has 3 rings (SSSR count). The number of aromatic nitrogens is 2. The molecular weight excluding hydrogens is 240 g/mol. The third kappa shape index (κ3) is 1.93. The highest BCUT2D eigenvalue weighted by Crippen LogP contribution is 2.30. The molecule has 2 unspecified atom stereocenters. The van der Waals surface area contributed by atoms with Gasteiger partial charge < -0.3 is 10.2 Å². The maximum atomic E-state index is 11.4. The van der Waals surface area contributed by atoms with Crippen molar-refractivity contribution in [3.63, 3.8) is 0 Å². The Morgan fingerprint density at radius 1 is 1.47 bits per heavy atom. The molecule has 2 saturated heterocycles. The monoisotopic (exact) mass is 254 g/mol. The Morgan fingerprint density at radius 3 is 3.18 bits per heavy atom. The smallest absolute Gasteiger partial charge is 0.285 e. The summed E-state index contributed by atoms with van der Waals surface area (Å²) in [5, 5.41) is 9.94. The van der Waals surface area contributed by atoms with Crippen LogP contribution in [0.25, 0.3) is 0 Å². The van der Waals surface area contributed by atoms with Crippen molar-refractivity contribution in [2.75, 3.05) is 24.5 Å². The number of piperidine rings is 1. The van der Waals surface area contributed by atoms with Gasteiger partial charge in [0, 0.05) is 19.1 Å². The lowest BCUT2D eigenvalue weighted by Gasteiger charge is -2.24. The van der Waals surface area contributed by atoms with Crippen molar-refractivity contribution in [2.45, 2.75) is 18.9 Å². The summed E-state index contributed by atoms with van der Waals surface area (Å²) in [6.45, 7) is 2.97. The molecule has 2 N–H and O–H groups in total. The standard InChI is InChI=1S/C11H15ClN4O/c12-10-9(4-14-15-11(10)17)16-5-7-2-1-3-13-8(7)6-16/h4,7-8,13H,1-3,5-6H2,(H,15,17). The first-order valence-corrected chi connectivity index (χ1v) is 6.35. The van der Waals surface area contributed by atoms with Crippen molar-refractivity contribution in [3.8, 4) is 0 Å². The number of anilines is 1. The fourth-order valence-electron chi connectivity index (χ4n) is 2.84. The summed E-state index contributed by atoms with van der Waals surface area (Å²) in [7, 11) is 0. The summed E-state index contributed by atoms with van der Waals surface area (Å²) < 4.78 is 0. The molecule has 0 saturated carbocycles. The van der Waals surface area contributed by atoms with Gasteiger partial charge in [0.05, 0.1) is 11.9 Å². The van der Waals surface area contributed by atoms with E-state index in [9.17, 15) is 4.79 Å². The topological polar surface area (TPSA) is 61.0 Å². The predicted molar refractivity (Wildman–Crippen MR) is 66.6 cm³/mol. The quantitative estimate of drug-likeness (QED) is 0.771. The normalized spacial score (nSPS) is 28.2. The van der Waals surface area contributed by atoms with Crippen molar-refractivity contribution < 1.29 is 0 Å². The molecule has 0 aliphatic carbocycles. The summed E-state index contributed by atoms with van der Waals surface area (Å²) in [5.74, 6) is 0.666. The molecule has 0 spiro atoms. The summed E-state index contributed by atoms with van der Waals surface area (Å²) in [6.07, 6.45) is 4.12. The maximum Gasteiger partial charge on any atom is 0.285 e. The van der Waals surface area contributed by atoms with E-state index in [-0.39, 0.29) is 10.6 Å². The van der Waals surface area contributed by atoms with Crippen LogP contribution in [0.15, 0.2) is 11.0 Å². The molecule has 1 aromatic heterocycles. The summed E-state index contributed by atoms with van der Waals surface area (Å²) in [6, 6.07) is 0.527. The number of aromatic amines is 1. The van der Waals surface area contributed by atoms with Crippen molar-refractivity contribution in [2.24, 2.45) is 5.92 Å². The number of rotatable bonds is 1. The zero-order valence-electron chi connectivity index (χ0n) is 9.45. The van der Waals surface area contributed by atoms with Gasteiger partial charge in [-0.3, -0.25) is 4.79 Å². The van der Waals surface area contributed by atoms with E-state index in [4.69, 9.17) is 11.6 Å². The third-order valence-corrected chi connectivity index (χ3v) is 4.08. The van der Waals surface area contributed by atoms with Crippen molar-refractivity contribution in [1.29, 1.82) is 0 Å². The van der Waals surface area contributed by atoms with E-state index in [0.717, 1.165) is 25.3 Å². The van der Waals surface area contributed by atoms with Gasteiger partial charge >= 0.3 is 0 Å². The van der Waals surface area contributed by atoms with Gasteiger partial charge in [-0.1, -0.05) is 11.6 Å². The van der Waals surface area contributed by atoms with Gasteiger partial charge in [0.2, 0.25) is 0 Å². The van der Waals surface area contributed by atoms with Gasteiger partial charge in [0.25, 0.3) is 5.56 Å². The van der Waals surface area contributed by atoms with E-state index >= 15 is 0 Å². The molecule has 2 aliphatic rings. The molecule has 3 heterocycles. The van der Waals surface area contributed by atoms with E-state index in [0.29, 0.717) is 12.0 Å².